The lowest BCUT2D eigenvalue weighted by Crippen LogP contribution is -2.35. The minimum Gasteiger partial charge on any atom is -0.451 e. The predicted molar refractivity (Wildman–Crippen MR) is 84.7 cm³/mol. The van der Waals surface area contributed by atoms with Crippen LogP contribution in [0.5, 0.6) is 0 Å². The smallest absolute Gasteiger partial charge is 0.290 e. The van der Waals surface area contributed by atoms with Gasteiger partial charge in [-0.3, -0.25) is 9.59 Å². The molecule has 1 aromatic heterocycles. The third kappa shape index (κ3) is 2.70. The SMILES string of the molecule is CCC[C@H]1SCCN1C(=O)c1cc(=O)c2ccccc2o1. The maximum absolute atomic E-state index is 12.6. The molecule has 0 saturated carbocycles. The first-order chi connectivity index (χ1) is 10.2. The summed E-state index contributed by atoms with van der Waals surface area (Å²) in [4.78, 5) is 26.5. The van der Waals surface area contributed by atoms with Crippen LogP contribution in [-0.4, -0.2) is 28.5 Å². The van der Waals surface area contributed by atoms with Crippen LogP contribution in [0, 0.1) is 0 Å². The van der Waals surface area contributed by atoms with Crippen molar-refractivity contribution in [3.63, 3.8) is 0 Å². The molecule has 1 amide bonds. The fourth-order valence-corrected chi connectivity index (χ4v) is 3.95. The number of para-hydroxylation sites is 1. The van der Waals surface area contributed by atoms with E-state index in [2.05, 4.69) is 6.92 Å². The molecular formula is C16H17NO3S. The minimum atomic E-state index is -0.179. The maximum Gasteiger partial charge on any atom is 0.290 e. The Kier molecular flexibility index (Phi) is 4.01. The van der Waals surface area contributed by atoms with E-state index in [-0.39, 0.29) is 22.5 Å². The van der Waals surface area contributed by atoms with Crippen LogP contribution in [0.15, 0.2) is 39.5 Å². The van der Waals surface area contributed by atoms with Crippen molar-refractivity contribution in [2.24, 2.45) is 0 Å². The second kappa shape index (κ2) is 5.93. The van der Waals surface area contributed by atoms with E-state index in [9.17, 15) is 9.59 Å². The fraction of sp³-hybridized carbons (Fsp3) is 0.375. The summed E-state index contributed by atoms with van der Waals surface area (Å²) in [6.07, 6.45) is 2.00. The minimum absolute atomic E-state index is 0.141. The number of carbonyl (C=O) groups excluding carboxylic acids is 1. The highest BCUT2D eigenvalue weighted by Gasteiger charge is 2.30. The normalized spacial score (nSPS) is 18.3. The molecule has 21 heavy (non-hydrogen) atoms. The average molecular weight is 303 g/mol. The Labute approximate surface area is 127 Å². The summed E-state index contributed by atoms with van der Waals surface area (Å²) in [6.45, 7) is 2.82. The summed E-state index contributed by atoms with van der Waals surface area (Å²) in [7, 11) is 0. The van der Waals surface area contributed by atoms with Gasteiger partial charge in [-0.05, 0) is 18.6 Å². The first kappa shape index (κ1) is 14.2. The van der Waals surface area contributed by atoms with Crippen LogP contribution in [0.1, 0.15) is 30.3 Å². The Morgan fingerprint density at radius 2 is 2.24 bits per heavy atom. The summed E-state index contributed by atoms with van der Waals surface area (Å²) in [5.74, 6) is 0.900. The number of rotatable bonds is 3. The molecule has 0 bridgehead atoms. The van der Waals surface area contributed by atoms with Gasteiger partial charge in [-0.25, -0.2) is 0 Å². The van der Waals surface area contributed by atoms with Gasteiger partial charge in [0, 0.05) is 18.4 Å². The van der Waals surface area contributed by atoms with Crippen molar-refractivity contribution >= 4 is 28.6 Å². The van der Waals surface area contributed by atoms with E-state index < -0.39 is 0 Å². The van der Waals surface area contributed by atoms with E-state index >= 15 is 0 Å². The van der Waals surface area contributed by atoms with E-state index in [1.165, 1.54) is 6.07 Å². The van der Waals surface area contributed by atoms with Crippen LogP contribution in [0.2, 0.25) is 0 Å². The van der Waals surface area contributed by atoms with Gasteiger partial charge in [-0.1, -0.05) is 25.5 Å². The van der Waals surface area contributed by atoms with Crippen molar-refractivity contribution in [1.82, 2.24) is 4.90 Å². The molecule has 0 radical (unpaired) electrons. The fourth-order valence-electron chi connectivity index (χ4n) is 2.59. The van der Waals surface area contributed by atoms with Gasteiger partial charge >= 0.3 is 0 Å². The van der Waals surface area contributed by atoms with E-state index in [1.807, 2.05) is 4.90 Å². The topological polar surface area (TPSA) is 50.5 Å². The zero-order valence-electron chi connectivity index (χ0n) is 11.9. The Hall–Kier alpha value is -1.75. The first-order valence-corrected chi connectivity index (χ1v) is 8.21. The molecular weight excluding hydrogens is 286 g/mol. The highest BCUT2D eigenvalue weighted by atomic mass is 32.2. The number of thioether (sulfide) groups is 1. The molecule has 1 fully saturated rings. The van der Waals surface area contributed by atoms with Gasteiger partial charge in [0.15, 0.2) is 11.2 Å². The van der Waals surface area contributed by atoms with Crippen LogP contribution >= 0.6 is 11.8 Å². The standard InChI is InChI=1S/C16H17NO3S/c1-2-5-15-17(8-9-21-15)16(19)14-10-12(18)11-6-3-4-7-13(11)20-14/h3-4,6-7,10,15H,2,5,8-9H2,1H3/t15-/m1/s1. The average Bonchev–Trinajstić information content (AvgIpc) is 2.95. The largest absolute Gasteiger partial charge is 0.451 e. The summed E-state index contributed by atoms with van der Waals surface area (Å²) >= 11 is 1.79. The summed E-state index contributed by atoms with van der Waals surface area (Å²) in [6, 6.07) is 8.33. The highest BCUT2D eigenvalue weighted by Crippen LogP contribution is 2.29. The van der Waals surface area contributed by atoms with E-state index in [4.69, 9.17) is 4.42 Å². The van der Waals surface area contributed by atoms with Crippen LogP contribution in [0.4, 0.5) is 0 Å². The molecule has 2 aromatic rings. The monoisotopic (exact) mass is 303 g/mol. The lowest BCUT2D eigenvalue weighted by atomic mass is 10.2. The van der Waals surface area contributed by atoms with Gasteiger partial charge in [0.2, 0.25) is 0 Å². The lowest BCUT2D eigenvalue weighted by molar-refractivity contribution is 0.0725. The molecule has 1 aliphatic rings. The third-order valence-corrected chi connectivity index (χ3v) is 4.93. The van der Waals surface area contributed by atoms with Crippen molar-refractivity contribution in [1.29, 1.82) is 0 Å². The van der Waals surface area contributed by atoms with Gasteiger partial charge in [0.1, 0.15) is 5.58 Å². The van der Waals surface area contributed by atoms with E-state index in [1.54, 1.807) is 36.0 Å². The molecule has 4 nitrogen and oxygen atoms in total. The summed E-state index contributed by atoms with van der Waals surface area (Å²) in [5.41, 5.74) is 0.298. The highest BCUT2D eigenvalue weighted by molar-refractivity contribution is 8.00. The second-order valence-electron chi connectivity index (χ2n) is 5.08. The van der Waals surface area contributed by atoms with Crippen molar-refractivity contribution in [2.45, 2.75) is 25.1 Å². The number of amides is 1. The molecule has 0 spiro atoms. The number of hydrogen-bond donors (Lipinski definition) is 0. The van der Waals surface area contributed by atoms with Gasteiger partial charge < -0.3 is 9.32 Å². The number of benzene rings is 1. The molecule has 0 aliphatic carbocycles. The van der Waals surface area contributed by atoms with Gasteiger partial charge in [-0.2, -0.15) is 0 Å². The van der Waals surface area contributed by atoms with Crippen molar-refractivity contribution in [3.8, 4) is 0 Å². The molecule has 5 heteroatoms. The lowest BCUT2D eigenvalue weighted by Gasteiger charge is -2.22. The number of fused-ring (bicyclic) bond motifs is 1. The van der Waals surface area contributed by atoms with Gasteiger partial charge in [0.05, 0.1) is 10.8 Å². The van der Waals surface area contributed by atoms with Gasteiger partial charge in [0.25, 0.3) is 5.91 Å². The quantitative estimate of drug-likeness (QED) is 0.874. The van der Waals surface area contributed by atoms with E-state index in [0.717, 1.165) is 18.6 Å². The Morgan fingerprint density at radius 3 is 3.05 bits per heavy atom. The third-order valence-electron chi connectivity index (χ3n) is 3.63. The molecule has 0 unspecified atom stereocenters. The molecule has 1 saturated heterocycles. The molecule has 1 aliphatic heterocycles. The molecule has 2 heterocycles. The van der Waals surface area contributed by atoms with Crippen molar-refractivity contribution in [3.05, 3.63) is 46.3 Å². The molecule has 0 N–H and O–H groups in total. The summed E-state index contributed by atoms with van der Waals surface area (Å²) in [5, 5.41) is 0.703. The van der Waals surface area contributed by atoms with Crippen molar-refractivity contribution in [2.75, 3.05) is 12.3 Å². The Bertz CT molecular complexity index is 725. The zero-order valence-corrected chi connectivity index (χ0v) is 12.7. The van der Waals surface area contributed by atoms with Crippen molar-refractivity contribution < 1.29 is 9.21 Å². The molecule has 1 aromatic carbocycles. The maximum atomic E-state index is 12.6. The first-order valence-electron chi connectivity index (χ1n) is 7.16. The Morgan fingerprint density at radius 1 is 1.43 bits per heavy atom. The van der Waals surface area contributed by atoms with Gasteiger partial charge in [-0.15, -0.1) is 11.8 Å². The van der Waals surface area contributed by atoms with Crippen LogP contribution in [-0.2, 0) is 0 Å². The number of nitrogens with zero attached hydrogens (tertiary/aromatic N) is 1. The Balaban J connectivity index is 1.96. The molecule has 1 atom stereocenters. The van der Waals surface area contributed by atoms with Crippen LogP contribution < -0.4 is 5.43 Å². The van der Waals surface area contributed by atoms with E-state index in [0.29, 0.717) is 17.5 Å². The molecule has 3 rings (SSSR count). The second-order valence-corrected chi connectivity index (χ2v) is 6.37. The van der Waals surface area contributed by atoms with Crippen LogP contribution in [0.25, 0.3) is 11.0 Å². The predicted octanol–water partition coefficient (Wildman–Crippen LogP) is 3.11. The number of carbonyl (C=O) groups is 1. The zero-order chi connectivity index (χ0) is 14.8. The van der Waals surface area contributed by atoms with Crippen LogP contribution in [0.3, 0.4) is 0 Å². The number of hydrogen-bond acceptors (Lipinski definition) is 4. The summed E-state index contributed by atoms with van der Waals surface area (Å²) < 4.78 is 5.64. The molecule has 110 valence electrons.